The summed E-state index contributed by atoms with van der Waals surface area (Å²) in [7, 11) is 0. The molecule has 0 radical (unpaired) electrons. The molecule has 1 aromatic heterocycles. The standard InChI is InChI=1S/C19H19ClN4O2/c1-12(2)17(22-18(25)13-7-3-4-8-14(13)20)19(26)23-24-11-21-15-9-5-6-10-16(15)24/h3-12,17H,1-2H3,(H,22,25)(H,23,26). The molecule has 134 valence electrons. The van der Waals surface area contributed by atoms with Crippen molar-refractivity contribution in [2.75, 3.05) is 5.43 Å². The molecule has 0 fully saturated rings. The van der Waals surface area contributed by atoms with Crippen molar-refractivity contribution >= 4 is 34.4 Å². The van der Waals surface area contributed by atoms with Crippen molar-refractivity contribution in [3.63, 3.8) is 0 Å². The molecule has 0 aliphatic heterocycles. The molecule has 1 atom stereocenters. The minimum absolute atomic E-state index is 0.115. The largest absolute Gasteiger partial charge is 0.340 e. The number of amides is 2. The van der Waals surface area contributed by atoms with E-state index in [1.807, 2.05) is 38.1 Å². The Morgan fingerprint density at radius 2 is 1.77 bits per heavy atom. The predicted octanol–water partition coefficient (Wildman–Crippen LogP) is 3.21. The Labute approximate surface area is 156 Å². The van der Waals surface area contributed by atoms with Gasteiger partial charge in [0, 0.05) is 0 Å². The van der Waals surface area contributed by atoms with E-state index in [4.69, 9.17) is 11.6 Å². The van der Waals surface area contributed by atoms with Crippen LogP contribution in [0.5, 0.6) is 0 Å². The molecule has 1 heterocycles. The first-order chi connectivity index (χ1) is 12.5. The molecule has 0 aliphatic carbocycles. The molecule has 2 aromatic carbocycles. The van der Waals surface area contributed by atoms with Crippen molar-refractivity contribution in [2.24, 2.45) is 5.92 Å². The van der Waals surface area contributed by atoms with Gasteiger partial charge in [0.2, 0.25) is 0 Å². The second-order valence-corrected chi connectivity index (χ2v) is 6.66. The van der Waals surface area contributed by atoms with E-state index in [2.05, 4.69) is 15.7 Å². The lowest BCUT2D eigenvalue weighted by atomic mass is 10.0. The summed E-state index contributed by atoms with van der Waals surface area (Å²) in [5, 5.41) is 3.11. The second kappa shape index (κ2) is 7.58. The number of carbonyl (C=O) groups is 2. The highest BCUT2D eigenvalue weighted by Gasteiger charge is 2.26. The van der Waals surface area contributed by atoms with Gasteiger partial charge in [0.1, 0.15) is 12.4 Å². The Bertz CT molecular complexity index is 951. The lowest BCUT2D eigenvalue weighted by Crippen LogP contribution is -2.48. The van der Waals surface area contributed by atoms with Crippen molar-refractivity contribution in [2.45, 2.75) is 19.9 Å². The Morgan fingerprint density at radius 3 is 2.50 bits per heavy atom. The van der Waals surface area contributed by atoms with Gasteiger partial charge >= 0.3 is 0 Å². The molecule has 0 saturated carbocycles. The maximum absolute atomic E-state index is 12.7. The summed E-state index contributed by atoms with van der Waals surface area (Å²) in [6.45, 7) is 3.73. The molecule has 0 spiro atoms. The number of imidazole rings is 1. The molecule has 3 aromatic rings. The highest BCUT2D eigenvalue weighted by Crippen LogP contribution is 2.16. The summed E-state index contributed by atoms with van der Waals surface area (Å²) in [6.07, 6.45) is 1.54. The van der Waals surface area contributed by atoms with Crippen LogP contribution in [-0.2, 0) is 4.79 Å². The van der Waals surface area contributed by atoms with E-state index in [0.29, 0.717) is 10.6 Å². The number of rotatable bonds is 5. The molecule has 6 nitrogen and oxygen atoms in total. The minimum atomic E-state index is -0.722. The van der Waals surface area contributed by atoms with E-state index < -0.39 is 6.04 Å². The van der Waals surface area contributed by atoms with Crippen LogP contribution in [0.2, 0.25) is 5.02 Å². The minimum Gasteiger partial charge on any atom is -0.340 e. The first kappa shape index (κ1) is 17.9. The van der Waals surface area contributed by atoms with Gasteiger partial charge in [0.15, 0.2) is 0 Å². The van der Waals surface area contributed by atoms with Crippen LogP contribution < -0.4 is 10.7 Å². The van der Waals surface area contributed by atoms with E-state index in [9.17, 15) is 9.59 Å². The first-order valence-corrected chi connectivity index (χ1v) is 8.63. The molecule has 2 N–H and O–H groups in total. The average Bonchev–Trinajstić information content (AvgIpc) is 3.02. The van der Waals surface area contributed by atoms with Gasteiger partial charge < -0.3 is 5.32 Å². The third kappa shape index (κ3) is 3.70. The lowest BCUT2D eigenvalue weighted by molar-refractivity contribution is -0.119. The van der Waals surface area contributed by atoms with Gasteiger partial charge in [-0.3, -0.25) is 15.0 Å². The van der Waals surface area contributed by atoms with Crippen LogP contribution >= 0.6 is 11.6 Å². The zero-order valence-corrected chi connectivity index (χ0v) is 15.2. The normalized spacial score (nSPS) is 12.2. The highest BCUT2D eigenvalue weighted by atomic mass is 35.5. The molecular formula is C19H19ClN4O2. The van der Waals surface area contributed by atoms with Crippen LogP contribution in [0.4, 0.5) is 0 Å². The molecule has 26 heavy (non-hydrogen) atoms. The Hall–Kier alpha value is -2.86. The van der Waals surface area contributed by atoms with Gasteiger partial charge in [0.25, 0.3) is 11.8 Å². The topological polar surface area (TPSA) is 76.0 Å². The molecular weight excluding hydrogens is 352 g/mol. The summed E-state index contributed by atoms with van der Waals surface area (Å²) >= 11 is 6.07. The zero-order valence-electron chi connectivity index (χ0n) is 14.4. The van der Waals surface area contributed by atoms with Crippen molar-refractivity contribution in [3.8, 4) is 0 Å². The fraction of sp³-hybridized carbons (Fsp3) is 0.211. The van der Waals surface area contributed by atoms with Crippen LogP contribution in [0.25, 0.3) is 11.0 Å². The molecule has 0 aliphatic rings. The number of hydrogen-bond donors (Lipinski definition) is 2. The van der Waals surface area contributed by atoms with Crippen molar-refractivity contribution < 1.29 is 9.59 Å². The number of para-hydroxylation sites is 2. The molecule has 3 rings (SSSR count). The highest BCUT2D eigenvalue weighted by molar-refractivity contribution is 6.33. The number of benzene rings is 2. The Morgan fingerprint density at radius 1 is 1.08 bits per heavy atom. The SMILES string of the molecule is CC(C)C(NC(=O)c1ccccc1Cl)C(=O)Nn1cnc2ccccc21. The maximum atomic E-state index is 12.7. The van der Waals surface area contributed by atoms with Crippen LogP contribution in [0, 0.1) is 5.92 Å². The van der Waals surface area contributed by atoms with Crippen LogP contribution in [-0.4, -0.2) is 27.5 Å². The van der Waals surface area contributed by atoms with Gasteiger partial charge in [-0.2, -0.15) is 0 Å². The van der Waals surface area contributed by atoms with Crippen LogP contribution in [0.1, 0.15) is 24.2 Å². The Kier molecular flexibility index (Phi) is 5.23. The molecule has 0 saturated heterocycles. The maximum Gasteiger partial charge on any atom is 0.261 e. The molecule has 7 heteroatoms. The third-order valence-electron chi connectivity index (χ3n) is 4.04. The zero-order chi connectivity index (χ0) is 18.7. The summed E-state index contributed by atoms with van der Waals surface area (Å²) in [6, 6.07) is 13.5. The van der Waals surface area contributed by atoms with Crippen LogP contribution in [0.3, 0.4) is 0 Å². The number of carbonyl (C=O) groups excluding carboxylic acids is 2. The molecule has 0 bridgehead atoms. The van der Waals surface area contributed by atoms with Crippen molar-refractivity contribution in [1.82, 2.24) is 15.0 Å². The fourth-order valence-electron chi connectivity index (χ4n) is 2.64. The van der Waals surface area contributed by atoms with Gasteiger partial charge in [-0.25, -0.2) is 9.66 Å². The van der Waals surface area contributed by atoms with Crippen molar-refractivity contribution in [3.05, 3.63) is 65.4 Å². The van der Waals surface area contributed by atoms with Gasteiger partial charge in [0.05, 0.1) is 21.6 Å². The van der Waals surface area contributed by atoms with E-state index in [1.54, 1.807) is 28.9 Å². The number of aromatic nitrogens is 2. The van der Waals surface area contributed by atoms with E-state index in [0.717, 1.165) is 11.0 Å². The quantitative estimate of drug-likeness (QED) is 0.724. The number of nitrogens with one attached hydrogen (secondary N) is 2. The van der Waals surface area contributed by atoms with Gasteiger partial charge in [-0.1, -0.05) is 49.7 Å². The summed E-state index contributed by atoms with van der Waals surface area (Å²) < 4.78 is 1.55. The second-order valence-electron chi connectivity index (χ2n) is 6.25. The van der Waals surface area contributed by atoms with E-state index in [-0.39, 0.29) is 17.7 Å². The third-order valence-corrected chi connectivity index (χ3v) is 4.37. The smallest absolute Gasteiger partial charge is 0.261 e. The first-order valence-electron chi connectivity index (χ1n) is 8.25. The van der Waals surface area contributed by atoms with E-state index >= 15 is 0 Å². The van der Waals surface area contributed by atoms with Crippen molar-refractivity contribution in [1.29, 1.82) is 0 Å². The fourth-order valence-corrected chi connectivity index (χ4v) is 2.86. The summed E-state index contributed by atoms with van der Waals surface area (Å²) in [5.41, 5.74) is 4.67. The number of nitrogens with zero attached hydrogens (tertiary/aromatic N) is 2. The lowest BCUT2D eigenvalue weighted by Gasteiger charge is -2.22. The Balaban J connectivity index is 1.78. The monoisotopic (exact) mass is 370 g/mol. The summed E-state index contributed by atoms with van der Waals surface area (Å²) in [4.78, 5) is 29.5. The summed E-state index contributed by atoms with van der Waals surface area (Å²) in [5.74, 6) is -0.834. The molecule has 2 amide bonds. The number of halogens is 1. The molecule has 1 unspecified atom stereocenters. The van der Waals surface area contributed by atoms with Gasteiger partial charge in [-0.15, -0.1) is 0 Å². The van der Waals surface area contributed by atoms with E-state index in [1.165, 1.54) is 6.33 Å². The number of hydrogen-bond acceptors (Lipinski definition) is 3. The van der Waals surface area contributed by atoms with Crippen LogP contribution in [0.15, 0.2) is 54.9 Å². The average molecular weight is 371 g/mol. The van der Waals surface area contributed by atoms with Gasteiger partial charge in [-0.05, 0) is 30.2 Å². The number of fused-ring (bicyclic) bond motifs is 1. The predicted molar refractivity (Wildman–Crippen MR) is 102 cm³/mol.